The van der Waals surface area contributed by atoms with Gasteiger partial charge < -0.3 is 4.74 Å². The van der Waals surface area contributed by atoms with Crippen molar-refractivity contribution < 1.29 is 22.7 Å². The summed E-state index contributed by atoms with van der Waals surface area (Å²) in [6.07, 6.45) is 0.860. The van der Waals surface area contributed by atoms with Crippen LogP contribution in [0, 0.1) is 0 Å². The molecule has 0 radical (unpaired) electrons. The van der Waals surface area contributed by atoms with Crippen LogP contribution in [-0.4, -0.2) is 12.9 Å². The number of benzene rings is 1. The number of ether oxygens (including phenoxy) is 1. The van der Waals surface area contributed by atoms with Gasteiger partial charge in [0.05, 0.1) is 12.2 Å². The van der Waals surface area contributed by atoms with Gasteiger partial charge in [-0.05, 0) is 24.6 Å². The highest BCUT2D eigenvalue weighted by Gasteiger charge is 2.34. The summed E-state index contributed by atoms with van der Waals surface area (Å²) >= 11 is 0. The zero-order valence-electron chi connectivity index (χ0n) is 11.5. The third-order valence-electron chi connectivity index (χ3n) is 2.95. The Morgan fingerprint density at radius 1 is 1.15 bits per heavy atom. The highest BCUT2D eigenvalue weighted by atomic mass is 19.4. The van der Waals surface area contributed by atoms with Crippen LogP contribution in [0.1, 0.15) is 54.9 Å². The van der Waals surface area contributed by atoms with Crippen molar-refractivity contribution in [3.05, 3.63) is 29.3 Å². The fraction of sp³-hybridized carbons (Fsp3) is 0.533. The van der Waals surface area contributed by atoms with Gasteiger partial charge in [-0.15, -0.1) is 0 Å². The maximum absolute atomic E-state index is 12.8. The van der Waals surface area contributed by atoms with Crippen LogP contribution in [0.25, 0.3) is 0 Å². The second-order valence-corrected chi connectivity index (χ2v) is 4.63. The molecule has 20 heavy (non-hydrogen) atoms. The minimum atomic E-state index is -4.52. The number of carbonyl (C=O) groups is 1. The predicted molar refractivity (Wildman–Crippen MR) is 71.1 cm³/mol. The summed E-state index contributed by atoms with van der Waals surface area (Å²) < 4.78 is 43.7. The molecular weight excluding hydrogens is 269 g/mol. The van der Waals surface area contributed by atoms with E-state index < -0.39 is 11.7 Å². The Morgan fingerprint density at radius 2 is 1.85 bits per heavy atom. The van der Waals surface area contributed by atoms with Crippen LogP contribution in [0.3, 0.4) is 0 Å². The number of unbranched alkanes of at least 4 members (excludes halogenated alkanes) is 4. The third-order valence-corrected chi connectivity index (χ3v) is 2.95. The molecule has 0 aliphatic rings. The Hall–Kier alpha value is -1.52. The lowest BCUT2D eigenvalue weighted by Crippen LogP contribution is -2.10. The Balaban J connectivity index is 2.62. The first-order valence-electron chi connectivity index (χ1n) is 6.78. The van der Waals surface area contributed by atoms with Crippen molar-refractivity contribution in [2.75, 3.05) is 6.61 Å². The van der Waals surface area contributed by atoms with Gasteiger partial charge in [0.2, 0.25) is 0 Å². The molecule has 0 unspecified atom stereocenters. The molecule has 0 spiro atoms. The van der Waals surface area contributed by atoms with E-state index in [9.17, 15) is 18.0 Å². The molecule has 0 atom stereocenters. The van der Waals surface area contributed by atoms with Crippen LogP contribution in [0.5, 0.6) is 5.75 Å². The summed E-state index contributed by atoms with van der Waals surface area (Å²) in [5, 5.41) is 0. The lowest BCUT2D eigenvalue weighted by Gasteiger charge is -2.14. The average Bonchev–Trinajstić information content (AvgIpc) is 2.41. The molecule has 0 amide bonds. The van der Waals surface area contributed by atoms with E-state index in [0.717, 1.165) is 38.2 Å². The summed E-state index contributed by atoms with van der Waals surface area (Å²) in [4.78, 5) is 10.5. The van der Waals surface area contributed by atoms with Crippen LogP contribution in [0.15, 0.2) is 18.2 Å². The predicted octanol–water partition coefficient (Wildman–Crippen LogP) is 4.87. The minimum Gasteiger partial charge on any atom is -0.493 e. The molecule has 0 N–H and O–H groups in total. The lowest BCUT2D eigenvalue weighted by molar-refractivity contribution is -0.139. The number of rotatable bonds is 8. The number of hydrogen-bond acceptors (Lipinski definition) is 2. The van der Waals surface area contributed by atoms with E-state index in [0.29, 0.717) is 6.29 Å². The zero-order valence-corrected chi connectivity index (χ0v) is 11.5. The monoisotopic (exact) mass is 288 g/mol. The van der Waals surface area contributed by atoms with Crippen molar-refractivity contribution in [1.29, 1.82) is 0 Å². The molecule has 1 aromatic rings. The van der Waals surface area contributed by atoms with Crippen LogP contribution < -0.4 is 4.74 Å². The quantitative estimate of drug-likeness (QED) is 0.504. The van der Waals surface area contributed by atoms with Gasteiger partial charge in [0.1, 0.15) is 12.0 Å². The third kappa shape index (κ3) is 5.23. The smallest absolute Gasteiger partial charge is 0.419 e. The molecule has 0 bridgehead atoms. The normalized spacial score (nSPS) is 11.4. The molecule has 0 aromatic heterocycles. The highest BCUT2D eigenvalue weighted by Crippen LogP contribution is 2.36. The summed E-state index contributed by atoms with van der Waals surface area (Å²) in [6.45, 7) is 2.36. The maximum atomic E-state index is 12.8. The second-order valence-electron chi connectivity index (χ2n) is 4.63. The van der Waals surface area contributed by atoms with Gasteiger partial charge in [-0.25, -0.2) is 0 Å². The molecule has 112 valence electrons. The minimum absolute atomic E-state index is 0.00683. The molecule has 0 fully saturated rings. The topological polar surface area (TPSA) is 26.3 Å². The lowest BCUT2D eigenvalue weighted by atomic mass is 10.1. The number of carbonyl (C=O) groups excluding carboxylic acids is 1. The summed E-state index contributed by atoms with van der Waals surface area (Å²) in [6, 6.07) is 3.35. The van der Waals surface area contributed by atoms with Gasteiger partial charge in [0, 0.05) is 5.56 Å². The number of halogens is 3. The zero-order chi connectivity index (χ0) is 15.0. The standard InChI is InChI=1S/C15H19F3O2/c1-2-3-4-5-6-9-20-14-8-7-12(11-19)10-13(14)15(16,17)18/h7-8,10-11H,2-6,9H2,1H3. The van der Waals surface area contributed by atoms with Gasteiger partial charge in [-0.2, -0.15) is 13.2 Å². The van der Waals surface area contributed by atoms with Crippen LogP contribution in [0.4, 0.5) is 13.2 Å². The summed E-state index contributed by atoms with van der Waals surface area (Å²) in [5.74, 6) is -0.210. The fourth-order valence-electron chi connectivity index (χ4n) is 1.86. The molecular formula is C15H19F3O2. The SMILES string of the molecule is CCCCCCCOc1ccc(C=O)cc1C(F)(F)F. The summed E-state index contributed by atoms with van der Waals surface area (Å²) in [7, 11) is 0. The first kappa shape index (κ1) is 16.5. The maximum Gasteiger partial charge on any atom is 0.419 e. The molecule has 0 aliphatic carbocycles. The van der Waals surface area contributed by atoms with E-state index in [-0.39, 0.29) is 17.9 Å². The number of aldehydes is 1. The highest BCUT2D eigenvalue weighted by molar-refractivity contribution is 5.75. The van der Waals surface area contributed by atoms with E-state index in [1.165, 1.54) is 12.1 Å². The van der Waals surface area contributed by atoms with Gasteiger partial charge in [0.15, 0.2) is 0 Å². The first-order chi connectivity index (χ1) is 9.49. The first-order valence-corrected chi connectivity index (χ1v) is 6.78. The molecule has 0 heterocycles. The van der Waals surface area contributed by atoms with Crippen molar-refractivity contribution in [3.63, 3.8) is 0 Å². The molecule has 1 rings (SSSR count). The molecule has 2 nitrogen and oxygen atoms in total. The molecule has 0 saturated heterocycles. The van der Waals surface area contributed by atoms with Crippen LogP contribution in [0.2, 0.25) is 0 Å². The van der Waals surface area contributed by atoms with E-state index in [4.69, 9.17) is 4.74 Å². The Morgan fingerprint density at radius 3 is 2.45 bits per heavy atom. The molecule has 5 heteroatoms. The van der Waals surface area contributed by atoms with Gasteiger partial charge in [-0.1, -0.05) is 32.6 Å². The largest absolute Gasteiger partial charge is 0.493 e. The molecule has 1 aromatic carbocycles. The molecule has 0 saturated carbocycles. The van der Waals surface area contributed by atoms with Gasteiger partial charge >= 0.3 is 6.18 Å². The molecule has 0 aliphatic heterocycles. The van der Waals surface area contributed by atoms with E-state index in [1.807, 2.05) is 0 Å². The van der Waals surface area contributed by atoms with Crippen molar-refractivity contribution in [2.45, 2.75) is 45.2 Å². The Labute approximate surface area is 116 Å². The van der Waals surface area contributed by atoms with E-state index in [2.05, 4.69) is 6.92 Å². The van der Waals surface area contributed by atoms with E-state index >= 15 is 0 Å². The second kappa shape index (κ2) is 7.92. The Kier molecular flexibility index (Phi) is 6.55. The number of alkyl halides is 3. The number of hydrogen-bond donors (Lipinski definition) is 0. The summed E-state index contributed by atoms with van der Waals surface area (Å²) in [5.41, 5.74) is -0.900. The Bertz CT molecular complexity index is 428. The van der Waals surface area contributed by atoms with E-state index in [1.54, 1.807) is 0 Å². The fourth-order valence-corrected chi connectivity index (χ4v) is 1.86. The van der Waals surface area contributed by atoms with Crippen molar-refractivity contribution in [1.82, 2.24) is 0 Å². The van der Waals surface area contributed by atoms with Crippen LogP contribution in [-0.2, 0) is 6.18 Å². The average molecular weight is 288 g/mol. The van der Waals surface area contributed by atoms with Crippen molar-refractivity contribution in [2.24, 2.45) is 0 Å². The van der Waals surface area contributed by atoms with Gasteiger partial charge in [0.25, 0.3) is 0 Å². The van der Waals surface area contributed by atoms with Gasteiger partial charge in [-0.3, -0.25) is 4.79 Å². The van der Waals surface area contributed by atoms with Crippen molar-refractivity contribution >= 4 is 6.29 Å². The van der Waals surface area contributed by atoms with Crippen molar-refractivity contribution in [3.8, 4) is 5.75 Å². The van der Waals surface area contributed by atoms with Crippen LogP contribution >= 0.6 is 0 Å².